The number of nitrogens with zero attached hydrogens (tertiary/aromatic N) is 4. The number of aromatic nitrogens is 2. The maximum Gasteiger partial charge on any atom is 0.259 e. The molecule has 1 amide bonds. The van der Waals surface area contributed by atoms with E-state index < -0.39 is 0 Å². The summed E-state index contributed by atoms with van der Waals surface area (Å²) in [4.78, 5) is 16.7. The monoisotopic (exact) mass is 265 g/mol. The van der Waals surface area contributed by atoms with Crippen LogP contribution in [0.2, 0.25) is 0 Å². The van der Waals surface area contributed by atoms with Gasteiger partial charge in [0.05, 0.1) is 6.20 Å². The molecule has 106 valence electrons. The van der Waals surface area contributed by atoms with Gasteiger partial charge in [-0.25, -0.2) is 0 Å². The van der Waals surface area contributed by atoms with E-state index in [-0.39, 0.29) is 5.91 Å². The van der Waals surface area contributed by atoms with Crippen molar-refractivity contribution in [2.75, 3.05) is 31.9 Å². The number of carbonyl (C=O) groups excluding carboxylic acids is 1. The fourth-order valence-electron chi connectivity index (χ4n) is 2.75. The van der Waals surface area contributed by atoms with Crippen LogP contribution in [0.15, 0.2) is 6.20 Å². The molecule has 1 fully saturated rings. The third-order valence-corrected chi connectivity index (χ3v) is 3.99. The maximum absolute atomic E-state index is 12.4. The Labute approximate surface area is 114 Å². The standard InChI is InChI=1S/C13H23N5O/c1-4-17(5-2)10-6-7-18(9-10)13(19)11-8-15-16(3)12(11)14/h8,10H,4-7,9,14H2,1-3H3. The van der Waals surface area contributed by atoms with Crippen molar-refractivity contribution in [3.8, 4) is 0 Å². The zero-order chi connectivity index (χ0) is 14.0. The molecule has 1 aliphatic rings. The van der Waals surface area contributed by atoms with Crippen LogP contribution in [-0.2, 0) is 7.05 Å². The summed E-state index contributed by atoms with van der Waals surface area (Å²) in [6.07, 6.45) is 2.59. The van der Waals surface area contributed by atoms with Gasteiger partial charge in [-0.15, -0.1) is 0 Å². The maximum atomic E-state index is 12.4. The summed E-state index contributed by atoms with van der Waals surface area (Å²) < 4.78 is 1.53. The van der Waals surface area contributed by atoms with E-state index in [0.29, 0.717) is 17.4 Å². The highest BCUT2D eigenvalue weighted by molar-refractivity contribution is 5.98. The van der Waals surface area contributed by atoms with Gasteiger partial charge in [0.25, 0.3) is 5.91 Å². The summed E-state index contributed by atoms with van der Waals surface area (Å²) in [7, 11) is 1.74. The molecule has 1 aromatic rings. The van der Waals surface area contributed by atoms with E-state index in [1.54, 1.807) is 13.2 Å². The average molecular weight is 265 g/mol. The first kappa shape index (κ1) is 13.9. The number of amides is 1. The number of hydrogen-bond acceptors (Lipinski definition) is 4. The van der Waals surface area contributed by atoms with Crippen LogP contribution in [0.4, 0.5) is 5.82 Å². The number of likely N-dealkylation sites (tertiary alicyclic amines) is 1. The second-order valence-corrected chi connectivity index (χ2v) is 4.98. The van der Waals surface area contributed by atoms with Crippen molar-refractivity contribution < 1.29 is 4.79 Å². The van der Waals surface area contributed by atoms with E-state index in [1.807, 2.05) is 4.90 Å². The van der Waals surface area contributed by atoms with Gasteiger partial charge >= 0.3 is 0 Å². The first-order valence-electron chi connectivity index (χ1n) is 6.89. The Bertz CT molecular complexity index is 452. The van der Waals surface area contributed by atoms with Gasteiger partial charge in [-0.05, 0) is 19.5 Å². The normalized spacial score (nSPS) is 19.4. The van der Waals surface area contributed by atoms with Gasteiger partial charge < -0.3 is 10.6 Å². The first-order chi connectivity index (χ1) is 9.08. The molecule has 0 radical (unpaired) electrons. The lowest BCUT2D eigenvalue weighted by Gasteiger charge is -2.26. The van der Waals surface area contributed by atoms with Crippen LogP contribution in [-0.4, -0.2) is 57.7 Å². The molecule has 0 bridgehead atoms. The molecular weight excluding hydrogens is 242 g/mol. The van der Waals surface area contributed by atoms with Gasteiger partial charge in [-0.3, -0.25) is 14.4 Å². The Morgan fingerprint density at radius 3 is 2.74 bits per heavy atom. The Morgan fingerprint density at radius 1 is 1.53 bits per heavy atom. The lowest BCUT2D eigenvalue weighted by atomic mass is 10.2. The molecule has 19 heavy (non-hydrogen) atoms. The van der Waals surface area contributed by atoms with Crippen LogP contribution in [0.25, 0.3) is 0 Å². The smallest absolute Gasteiger partial charge is 0.259 e. The number of anilines is 1. The number of hydrogen-bond donors (Lipinski definition) is 1. The molecule has 1 atom stereocenters. The van der Waals surface area contributed by atoms with Crippen LogP contribution in [0.3, 0.4) is 0 Å². The van der Waals surface area contributed by atoms with Gasteiger partial charge in [0, 0.05) is 26.2 Å². The Balaban J connectivity index is 2.05. The molecule has 1 unspecified atom stereocenters. The molecule has 0 saturated carbocycles. The van der Waals surface area contributed by atoms with Gasteiger partial charge in [0.2, 0.25) is 0 Å². The van der Waals surface area contributed by atoms with E-state index >= 15 is 0 Å². The molecule has 2 heterocycles. The predicted octanol–water partition coefficient (Wildman–Crippen LogP) is 0.559. The molecule has 1 aromatic heterocycles. The topological polar surface area (TPSA) is 67.4 Å². The zero-order valence-corrected chi connectivity index (χ0v) is 12.0. The Morgan fingerprint density at radius 2 is 2.21 bits per heavy atom. The molecule has 1 saturated heterocycles. The summed E-state index contributed by atoms with van der Waals surface area (Å²) in [5.74, 6) is 0.441. The van der Waals surface area contributed by atoms with Crippen LogP contribution in [0, 0.1) is 0 Å². The minimum Gasteiger partial charge on any atom is -0.383 e. The molecular formula is C13H23N5O. The molecule has 6 nitrogen and oxygen atoms in total. The quantitative estimate of drug-likeness (QED) is 0.863. The second-order valence-electron chi connectivity index (χ2n) is 4.98. The summed E-state index contributed by atoms with van der Waals surface area (Å²) >= 11 is 0. The third kappa shape index (κ3) is 2.58. The minimum atomic E-state index is 0.000237. The minimum absolute atomic E-state index is 0.000237. The van der Waals surface area contributed by atoms with Gasteiger partial charge in [-0.2, -0.15) is 5.10 Å². The first-order valence-corrected chi connectivity index (χ1v) is 6.89. The Hall–Kier alpha value is -1.56. The highest BCUT2D eigenvalue weighted by atomic mass is 16.2. The van der Waals surface area contributed by atoms with Crippen LogP contribution < -0.4 is 5.73 Å². The fourth-order valence-corrected chi connectivity index (χ4v) is 2.75. The van der Waals surface area contributed by atoms with Crippen LogP contribution >= 0.6 is 0 Å². The molecule has 2 N–H and O–H groups in total. The SMILES string of the molecule is CCN(CC)C1CCN(C(=O)c2cnn(C)c2N)C1. The van der Waals surface area contributed by atoms with E-state index in [4.69, 9.17) is 5.73 Å². The molecule has 2 rings (SSSR count). The van der Waals surface area contributed by atoms with Crippen LogP contribution in [0.5, 0.6) is 0 Å². The molecule has 0 aromatic carbocycles. The fraction of sp³-hybridized carbons (Fsp3) is 0.692. The van der Waals surface area contributed by atoms with Gasteiger partial charge in [0.15, 0.2) is 0 Å². The number of nitrogen functional groups attached to an aromatic ring is 1. The summed E-state index contributed by atoms with van der Waals surface area (Å²) in [6, 6.07) is 0.469. The van der Waals surface area contributed by atoms with E-state index in [2.05, 4.69) is 23.8 Å². The van der Waals surface area contributed by atoms with Crippen molar-refractivity contribution in [3.05, 3.63) is 11.8 Å². The Kier molecular flexibility index (Phi) is 4.09. The largest absolute Gasteiger partial charge is 0.383 e. The van der Waals surface area contributed by atoms with Crippen LogP contribution in [0.1, 0.15) is 30.6 Å². The van der Waals surface area contributed by atoms with Crippen molar-refractivity contribution in [1.82, 2.24) is 19.6 Å². The van der Waals surface area contributed by atoms with Crippen molar-refractivity contribution in [2.24, 2.45) is 7.05 Å². The second kappa shape index (κ2) is 5.61. The predicted molar refractivity (Wildman–Crippen MR) is 74.8 cm³/mol. The summed E-state index contributed by atoms with van der Waals surface area (Å²) in [6.45, 7) is 7.96. The highest BCUT2D eigenvalue weighted by Crippen LogP contribution is 2.20. The molecule has 0 aliphatic carbocycles. The van der Waals surface area contributed by atoms with E-state index in [0.717, 1.165) is 32.6 Å². The number of nitrogens with two attached hydrogens (primary N) is 1. The van der Waals surface area contributed by atoms with Crippen molar-refractivity contribution >= 4 is 11.7 Å². The summed E-state index contributed by atoms with van der Waals surface area (Å²) in [5.41, 5.74) is 6.38. The highest BCUT2D eigenvalue weighted by Gasteiger charge is 2.31. The number of carbonyl (C=O) groups is 1. The van der Waals surface area contributed by atoms with E-state index in [1.165, 1.54) is 4.68 Å². The summed E-state index contributed by atoms with van der Waals surface area (Å²) in [5, 5.41) is 4.03. The average Bonchev–Trinajstić information content (AvgIpc) is 3.00. The number of rotatable bonds is 4. The van der Waals surface area contributed by atoms with Crippen molar-refractivity contribution in [2.45, 2.75) is 26.3 Å². The van der Waals surface area contributed by atoms with Crippen molar-refractivity contribution in [1.29, 1.82) is 0 Å². The van der Waals surface area contributed by atoms with E-state index in [9.17, 15) is 4.79 Å². The van der Waals surface area contributed by atoms with Gasteiger partial charge in [-0.1, -0.05) is 13.8 Å². The molecule has 1 aliphatic heterocycles. The van der Waals surface area contributed by atoms with Gasteiger partial charge in [0.1, 0.15) is 11.4 Å². The number of aryl methyl sites for hydroxylation is 1. The van der Waals surface area contributed by atoms with Crippen molar-refractivity contribution in [3.63, 3.8) is 0 Å². The molecule has 6 heteroatoms. The lowest BCUT2D eigenvalue weighted by Crippen LogP contribution is -2.38. The third-order valence-electron chi connectivity index (χ3n) is 3.99. The molecule has 0 spiro atoms. The lowest BCUT2D eigenvalue weighted by molar-refractivity contribution is 0.0779. The zero-order valence-electron chi connectivity index (χ0n) is 12.0. The number of likely N-dealkylation sites (N-methyl/N-ethyl adjacent to an activating group) is 1.